The van der Waals surface area contributed by atoms with Crippen molar-refractivity contribution in [2.45, 2.75) is 113 Å². The number of carbonyl (C=O) groups excluding carboxylic acids is 3. The number of esters is 3. The van der Waals surface area contributed by atoms with Crippen molar-refractivity contribution in [2.24, 2.45) is 11.8 Å². The Balaban J connectivity index is 1.13. The molecular formula is C36H44N2O6. The van der Waals surface area contributed by atoms with E-state index in [1.807, 2.05) is 36.4 Å². The van der Waals surface area contributed by atoms with E-state index in [9.17, 15) is 14.4 Å². The molecule has 8 nitrogen and oxygen atoms in total. The average Bonchev–Trinajstić information content (AvgIpc) is 3.38. The van der Waals surface area contributed by atoms with Gasteiger partial charge >= 0.3 is 17.9 Å². The number of nitrogens with zero attached hydrogens (tertiary/aromatic N) is 1. The van der Waals surface area contributed by atoms with Crippen LogP contribution >= 0.6 is 0 Å². The van der Waals surface area contributed by atoms with Crippen LogP contribution in [0.5, 0.6) is 0 Å². The number of hydrogen-bond acceptors (Lipinski definition) is 8. The van der Waals surface area contributed by atoms with Gasteiger partial charge < -0.3 is 24.4 Å². The third kappa shape index (κ3) is 5.56. The van der Waals surface area contributed by atoms with Crippen LogP contribution in [0.15, 0.2) is 60.7 Å². The lowest BCUT2D eigenvalue weighted by Crippen LogP contribution is -2.54. The molecule has 10 atom stereocenters. The highest BCUT2D eigenvalue weighted by atomic mass is 16.6. The Morgan fingerprint density at radius 3 is 1.77 bits per heavy atom. The summed E-state index contributed by atoms with van der Waals surface area (Å²) in [5.41, 5.74) is 2.07. The van der Waals surface area contributed by atoms with Crippen LogP contribution in [-0.4, -0.2) is 72.3 Å². The Hall–Kier alpha value is -3.23. The van der Waals surface area contributed by atoms with Crippen LogP contribution in [0.3, 0.4) is 0 Å². The lowest BCUT2D eigenvalue weighted by atomic mass is 9.52. The Labute approximate surface area is 259 Å². The Morgan fingerprint density at radius 2 is 1.25 bits per heavy atom. The summed E-state index contributed by atoms with van der Waals surface area (Å²) in [6.07, 6.45) is 5.69. The molecule has 1 N–H and O–H groups in total. The number of carbonyl (C=O) groups is 3. The zero-order valence-electron chi connectivity index (χ0n) is 25.7. The maximum atomic E-state index is 14.2. The van der Waals surface area contributed by atoms with Gasteiger partial charge in [-0.1, -0.05) is 67.6 Å². The summed E-state index contributed by atoms with van der Waals surface area (Å²) < 4.78 is 18.3. The zero-order valence-corrected chi connectivity index (χ0v) is 25.7. The number of nitrogens with one attached hydrogen (secondary N) is 1. The molecule has 1 saturated carbocycles. The molecule has 4 bridgehead atoms. The fraction of sp³-hybridized carbons (Fsp3) is 0.583. The van der Waals surface area contributed by atoms with E-state index < -0.39 is 11.8 Å². The van der Waals surface area contributed by atoms with Crippen molar-refractivity contribution in [2.75, 3.05) is 7.05 Å². The number of rotatable bonds is 8. The van der Waals surface area contributed by atoms with Gasteiger partial charge in [-0.2, -0.15) is 0 Å². The third-order valence-electron chi connectivity index (χ3n) is 11.1. The SMILES string of the molecule is CCC(=O)OC1CC2CC(OC(=O)C3C(C(=O)OC4CC5CCC(C4)N5C)C(c4ccccc4)C3c3ccccc3)CC1N2. The fourth-order valence-corrected chi connectivity index (χ4v) is 8.94. The van der Waals surface area contributed by atoms with E-state index in [2.05, 4.69) is 41.5 Å². The molecule has 4 saturated heterocycles. The second-order valence-electron chi connectivity index (χ2n) is 13.6. The molecule has 0 spiro atoms. The minimum absolute atomic E-state index is 0.0361. The highest BCUT2D eigenvalue weighted by Crippen LogP contribution is 2.59. The van der Waals surface area contributed by atoms with E-state index in [0.29, 0.717) is 31.3 Å². The molecule has 4 heterocycles. The van der Waals surface area contributed by atoms with Gasteiger partial charge in [0, 0.05) is 55.3 Å². The predicted octanol–water partition coefficient (Wildman–Crippen LogP) is 4.73. The summed E-state index contributed by atoms with van der Waals surface area (Å²) >= 11 is 0. The van der Waals surface area contributed by atoms with Gasteiger partial charge in [0.2, 0.25) is 0 Å². The van der Waals surface area contributed by atoms with Crippen molar-refractivity contribution >= 4 is 17.9 Å². The third-order valence-corrected chi connectivity index (χ3v) is 11.1. The van der Waals surface area contributed by atoms with Crippen LogP contribution < -0.4 is 5.32 Å². The first kappa shape index (κ1) is 29.5. The van der Waals surface area contributed by atoms with Crippen LogP contribution in [-0.2, 0) is 28.6 Å². The van der Waals surface area contributed by atoms with Crippen molar-refractivity contribution < 1.29 is 28.6 Å². The van der Waals surface area contributed by atoms with Gasteiger partial charge in [-0.25, -0.2) is 0 Å². The minimum Gasteiger partial charge on any atom is -0.462 e. The van der Waals surface area contributed by atoms with Gasteiger partial charge in [0.25, 0.3) is 0 Å². The fourth-order valence-electron chi connectivity index (χ4n) is 8.94. The lowest BCUT2D eigenvalue weighted by Gasteiger charge is -2.50. The second kappa shape index (κ2) is 12.3. The normalized spacial score (nSPS) is 37.5. The van der Waals surface area contributed by atoms with Gasteiger partial charge in [-0.3, -0.25) is 14.4 Å². The van der Waals surface area contributed by atoms with Crippen LogP contribution in [0.1, 0.15) is 81.3 Å². The second-order valence-corrected chi connectivity index (χ2v) is 13.6. The quantitative estimate of drug-likeness (QED) is 0.344. The molecule has 0 radical (unpaired) electrons. The van der Waals surface area contributed by atoms with Crippen molar-refractivity contribution in [3.63, 3.8) is 0 Å². The van der Waals surface area contributed by atoms with Gasteiger partial charge in [0.1, 0.15) is 18.3 Å². The van der Waals surface area contributed by atoms with Gasteiger partial charge in [0.15, 0.2) is 0 Å². The van der Waals surface area contributed by atoms with Gasteiger partial charge in [-0.05, 0) is 50.3 Å². The molecule has 0 amide bonds. The summed E-state index contributed by atoms with van der Waals surface area (Å²) in [5, 5.41) is 3.54. The summed E-state index contributed by atoms with van der Waals surface area (Å²) in [5.74, 6) is -2.46. The molecule has 2 aromatic carbocycles. The summed E-state index contributed by atoms with van der Waals surface area (Å²) in [4.78, 5) is 42.8. The minimum atomic E-state index is -0.639. The van der Waals surface area contributed by atoms with Crippen molar-refractivity contribution in [1.82, 2.24) is 10.2 Å². The summed E-state index contributed by atoms with van der Waals surface area (Å²) in [6, 6.07) is 21.1. The van der Waals surface area contributed by atoms with E-state index in [1.165, 1.54) is 0 Å². The Bertz CT molecular complexity index is 1340. The first-order chi connectivity index (χ1) is 21.4. The monoisotopic (exact) mass is 600 g/mol. The van der Waals surface area contributed by atoms with Crippen molar-refractivity contribution in [3.8, 4) is 0 Å². The van der Waals surface area contributed by atoms with Crippen LogP contribution in [0, 0.1) is 11.8 Å². The summed E-state index contributed by atoms with van der Waals surface area (Å²) in [6.45, 7) is 1.80. The predicted molar refractivity (Wildman–Crippen MR) is 164 cm³/mol. The molecule has 2 aromatic rings. The number of fused-ring (bicyclic) bond motifs is 4. The molecule has 44 heavy (non-hydrogen) atoms. The Morgan fingerprint density at radius 1 is 0.727 bits per heavy atom. The maximum absolute atomic E-state index is 14.2. The molecule has 234 valence electrons. The highest BCUT2D eigenvalue weighted by Gasteiger charge is 2.60. The molecule has 0 aromatic heterocycles. The smallest absolute Gasteiger partial charge is 0.310 e. The summed E-state index contributed by atoms with van der Waals surface area (Å²) in [7, 11) is 2.18. The van der Waals surface area contributed by atoms with Crippen molar-refractivity contribution in [3.05, 3.63) is 71.8 Å². The van der Waals surface area contributed by atoms with E-state index in [4.69, 9.17) is 14.2 Å². The van der Waals surface area contributed by atoms with E-state index in [-0.39, 0.29) is 60.1 Å². The average molecular weight is 601 g/mol. The Kier molecular flexibility index (Phi) is 8.23. The van der Waals surface area contributed by atoms with Crippen LogP contribution in [0.4, 0.5) is 0 Å². The number of ether oxygens (including phenoxy) is 3. The topological polar surface area (TPSA) is 94.2 Å². The first-order valence-corrected chi connectivity index (χ1v) is 16.6. The first-order valence-electron chi connectivity index (χ1n) is 16.6. The van der Waals surface area contributed by atoms with Gasteiger partial charge in [0.05, 0.1) is 11.8 Å². The van der Waals surface area contributed by atoms with E-state index in [1.54, 1.807) is 6.92 Å². The number of benzene rings is 2. The molecular weight excluding hydrogens is 556 g/mol. The van der Waals surface area contributed by atoms with Crippen LogP contribution in [0.2, 0.25) is 0 Å². The molecule has 7 rings (SSSR count). The van der Waals surface area contributed by atoms with E-state index in [0.717, 1.165) is 43.2 Å². The molecule has 8 heteroatoms. The van der Waals surface area contributed by atoms with Crippen LogP contribution in [0.25, 0.3) is 0 Å². The standard InChI is InChI=1S/C36H44N2O6/c1-3-30(39)44-29-17-23-16-26(20-28(29)37-23)42-35(40)33-31(21-10-6-4-7-11-21)32(22-12-8-5-9-13-22)34(33)36(41)43-27-18-24-14-15-25(19-27)38(24)2/h4-13,23-29,31-34,37H,3,14-20H2,1-2H3. The molecule has 5 fully saturated rings. The zero-order chi connectivity index (χ0) is 30.4. The largest absolute Gasteiger partial charge is 0.462 e. The van der Waals surface area contributed by atoms with Gasteiger partial charge in [-0.15, -0.1) is 0 Å². The lowest BCUT2D eigenvalue weighted by molar-refractivity contribution is -0.180. The molecule has 10 unspecified atom stereocenters. The molecule has 5 aliphatic rings. The molecule has 1 aliphatic carbocycles. The highest BCUT2D eigenvalue weighted by molar-refractivity contribution is 5.87. The number of piperidine rings is 2. The maximum Gasteiger partial charge on any atom is 0.310 e. The number of hydrogen-bond donors (Lipinski definition) is 1. The van der Waals surface area contributed by atoms with E-state index >= 15 is 0 Å². The molecule has 4 aliphatic heterocycles. The van der Waals surface area contributed by atoms with Crippen molar-refractivity contribution in [1.29, 1.82) is 0 Å².